The van der Waals surface area contributed by atoms with E-state index >= 15 is 0 Å². The van der Waals surface area contributed by atoms with E-state index in [0.29, 0.717) is 0 Å². The molecular weight excluding hydrogens is 406 g/mol. The first-order chi connectivity index (χ1) is 12.4. The lowest BCUT2D eigenvalue weighted by atomic mass is 10.2. The summed E-state index contributed by atoms with van der Waals surface area (Å²) in [5, 5.41) is 10.4. The van der Waals surface area contributed by atoms with Crippen molar-refractivity contribution in [2.45, 2.75) is 32.4 Å². The Morgan fingerprint density at radius 3 is 2.50 bits per heavy atom. The Morgan fingerprint density at radius 1 is 1.19 bits per heavy atom. The highest BCUT2D eigenvalue weighted by molar-refractivity contribution is 9.10. The topological polar surface area (TPSA) is 47.3 Å². The molecule has 0 aliphatic rings. The molecule has 1 unspecified atom stereocenters. The largest absolute Gasteiger partial charge is 0.485 e. The Balaban J connectivity index is 1.78. The van der Waals surface area contributed by atoms with E-state index in [1.807, 2.05) is 42.7 Å². The molecule has 0 aliphatic carbocycles. The summed E-state index contributed by atoms with van der Waals surface area (Å²) in [7, 11) is 0. The second-order valence-electron chi connectivity index (χ2n) is 6.39. The summed E-state index contributed by atoms with van der Waals surface area (Å²) < 4.78 is 35.0. The van der Waals surface area contributed by atoms with Crippen molar-refractivity contribution in [1.29, 1.82) is 0 Å². The van der Waals surface area contributed by atoms with Crippen LogP contribution in [0, 0.1) is 11.6 Å². The number of hydrogen-bond donors (Lipinski definition) is 1. The van der Waals surface area contributed by atoms with Gasteiger partial charge in [0.1, 0.15) is 18.5 Å². The summed E-state index contributed by atoms with van der Waals surface area (Å²) in [6.45, 7) is 4.02. The summed E-state index contributed by atoms with van der Waals surface area (Å²) in [5.41, 5.74) is 1.74. The molecule has 1 atom stereocenters. The molecule has 0 amide bonds. The van der Waals surface area contributed by atoms with Crippen molar-refractivity contribution in [2.24, 2.45) is 0 Å². The molecule has 138 valence electrons. The Morgan fingerprint density at radius 2 is 1.85 bits per heavy atom. The van der Waals surface area contributed by atoms with Gasteiger partial charge in [0.2, 0.25) is 0 Å². The molecule has 4 nitrogen and oxygen atoms in total. The van der Waals surface area contributed by atoms with Gasteiger partial charge in [0.25, 0.3) is 0 Å². The van der Waals surface area contributed by atoms with E-state index in [4.69, 9.17) is 4.74 Å². The third kappa shape index (κ3) is 3.88. The predicted molar refractivity (Wildman–Crippen MR) is 99.4 cm³/mol. The van der Waals surface area contributed by atoms with E-state index in [-0.39, 0.29) is 23.5 Å². The summed E-state index contributed by atoms with van der Waals surface area (Å²) >= 11 is 3.02. The van der Waals surface area contributed by atoms with Crippen molar-refractivity contribution in [3.8, 4) is 5.75 Å². The van der Waals surface area contributed by atoms with Crippen LogP contribution in [0.15, 0.2) is 40.9 Å². The number of benzene rings is 2. The third-order valence-electron chi connectivity index (χ3n) is 3.98. The first-order valence-electron chi connectivity index (χ1n) is 8.27. The molecule has 0 radical (unpaired) electrons. The van der Waals surface area contributed by atoms with Gasteiger partial charge in [-0.3, -0.25) is 0 Å². The maximum absolute atomic E-state index is 13.8. The number of imidazole rings is 1. The Bertz CT molecular complexity index is 904. The highest BCUT2D eigenvalue weighted by atomic mass is 79.9. The van der Waals surface area contributed by atoms with Crippen LogP contribution < -0.4 is 4.74 Å². The van der Waals surface area contributed by atoms with Gasteiger partial charge >= 0.3 is 0 Å². The number of aliphatic hydroxyl groups excluding tert-OH is 1. The number of fused-ring (bicyclic) bond motifs is 1. The second-order valence-corrected chi connectivity index (χ2v) is 7.30. The molecule has 0 aliphatic heterocycles. The van der Waals surface area contributed by atoms with E-state index in [0.717, 1.165) is 29.0 Å². The highest BCUT2D eigenvalue weighted by Crippen LogP contribution is 2.26. The monoisotopic (exact) mass is 424 g/mol. The quantitative estimate of drug-likeness (QED) is 0.626. The fourth-order valence-corrected chi connectivity index (χ4v) is 3.24. The Kier molecular flexibility index (Phi) is 5.58. The molecule has 26 heavy (non-hydrogen) atoms. The average Bonchev–Trinajstić information content (AvgIpc) is 2.93. The SMILES string of the molecule is CC(C)c1nc2ccccc2n1CC(O)COc1c(F)cc(Br)cc1F. The highest BCUT2D eigenvalue weighted by Gasteiger charge is 2.18. The van der Waals surface area contributed by atoms with E-state index in [1.54, 1.807) is 0 Å². The lowest BCUT2D eigenvalue weighted by molar-refractivity contribution is 0.0883. The van der Waals surface area contributed by atoms with Crippen LogP contribution in [-0.2, 0) is 6.54 Å². The number of para-hydroxylation sites is 2. The van der Waals surface area contributed by atoms with Gasteiger partial charge in [-0.2, -0.15) is 0 Å². The minimum atomic E-state index is -0.951. The third-order valence-corrected chi connectivity index (χ3v) is 4.43. The predicted octanol–water partition coefficient (Wildman–Crippen LogP) is 4.64. The average molecular weight is 425 g/mol. The number of halogens is 3. The van der Waals surface area contributed by atoms with Gasteiger partial charge in [-0.05, 0) is 24.3 Å². The zero-order chi connectivity index (χ0) is 18.8. The van der Waals surface area contributed by atoms with Crippen molar-refractivity contribution >= 4 is 27.0 Å². The first-order valence-corrected chi connectivity index (χ1v) is 9.06. The summed E-state index contributed by atoms with van der Waals surface area (Å²) in [4.78, 5) is 4.61. The minimum Gasteiger partial charge on any atom is -0.485 e. The van der Waals surface area contributed by atoms with Crippen LogP contribution in [0.4, 0.5) is 8.78 Å². The zero-order valence-corrected chi connectivity index (χ0v) is 16.0. The normalized spacial score (nSPS) is 12.7. The van der Waals surface area contributed by atoms with Gasteiger partial charge < -0.3 is 14.4 Å². The molecule has 7 heteroatoms. The van der Waals surface area contributed by atoms with Crippen molar-refractivity contribution in [2.75, 3.05) is 6.61 Å². The molecule has 0 spiro atoms. The van der Waals surface area contributed by atoms with Crippen LogP contribution in [0.5, 0.6) is 5.75 Å². The van der Waals surface area contributed by atoms with Crippen LogP contribution in [0.1, 0.15) is 25.6 Å². The minimum absolute atomic E-state index is 0.164. The molecule has 2 aromatic carbocycles. The number of aromatic nitrogens is 2. The molecule has 3 aromatic rings. The summed E-state index contributed by atoms with van der Waals surface area (Å²) in [5.74, 6) is -1.13. The maximum atomic E-state index is 13.8. The standard InChI is InChI=1S/C19H19BrF2N2O2/c1-11(2)19-23-16-5-3-4-6-17(16)24(19)9-13(25)10-26-18-14(21)7-12(20)8-15(18)22/h3-8,11,13,25H,9-10H2,1-2H3. The number of ether oxygens (including phenoxy) is 1. The van der Waals surface area contributed by atoms with Crippen molar-refractivity contribution in [3.63, 3.8) is 0 Å². The lowest BCUT2D eigenvalue weighted by Gasteiger charge is -2.17. The van der Waals surface area contributed by atoms with E-state index in [2.05, 4.69) is 20.9 Å². The first kappa shape index (κ1) is 18.8. The van der Waals surface area contributed by atoms with Crippen molar-refractivity contribution in [3.05, 3.63) is 58.3 Å². The van der Waals surface area contributed by atoms with Gasteiger partial charge in [-0.25, -0.2) is 13.8 Å². The molecule has 0 saturated heterocycles. The van der Waals surface area contributed by atoms with Crippen molar-refractivity contribution in [1.82, 2.24) is 9.55 Å². The fraction of sp³-hybridized carbons (Fsp3) is 0.316. The summed E-state index contributed by atoms with van der Waals surface area (Å²) in [6.07, 6.45) is -0.951. The molecule has 0 fully saturated rings. The van der Waals surface area contributed by atoms with Gasteiger partial charge in [-0.15, -0.1) is 0 Å². The number of nitrogens with zero attached hydrogens (tertiary/aromatic N) is 2. The van der Waals surface area contributed by atoms with Crippen molar-refractivity contribution < 1.29 is 18.6 Å². The number of rotatable bonds is 6. The van der Waals surface area contributed by atoms with Gasteiger partial charge in [-0.1, -0.05) is 41.9 Å². The number of aliphatic hydroxyl groups is 1. The summed E-state index contributed by atoms with van der Waals surface area (Å²) in [6, 6.07) is 9.88. The van der Waals surface area contributed by atoms with E-state index in [9.17, 15) is 13.9 Å². The van der Waals surface area contributed by atoms with E-state index < -0.39 is 23.5 Å². The smallest absolute Gasteiger partial charge is 0.190 e. The number of hydrogen-bond acceptors (Lipinski definition) is 3. The van der Waals surface area contributed by atoms with Crippen LogP contribution in [0.25, 0.3) is 11.0 Å². The second kappa shape index (κ2) is 7.72. The molecule has 0 bridgehead atoms. The van der Waals surface area contributed by atoms with Gasteiger partial charge in [0.15, 0.2) is 17.4 Å². The molecule has 1 aromatic heterocycles. The van der Waals surface area contributed by atoms with Crippen LogP contribution in [-0.4, -0.2) is 27.4 Å². The molecular formula is C19H19BrF2N2O2. The Labute approximate surface area is 158 Å². The molecule has 0 saturated carbocycles. The maximum Gasteiger partial charge on any atom is 0.190 e. The van der Waals surface area contributed by atoms with Crippen LogP contribution >= 0.6 is 15.9 Å². The zero-order valence-electron chi connectivity index (χ0n) is 14.4. The van der Waals surface area contributed by atoms with E-state index in [1.165, 1.54) is 0 Å². The molecule has 3 rings (SSSR count). The Hall–Kier alpha value is -1.99. The molecule has 1 heterocycles. The molecule has 1 N–H and O–H groups in total. The van der Waals surface area contributed by atoms with Crippen LogP contribution in [0.2, 0.25) is 0 Å². The van der Waals surface area contributed by atoms with Gasteiger partial charge in [0, 0.05) is 10.4 Å². The lowest BCUT2D eigenvalue weighted by Crippen LogP contribution is -2.25. The van der Waals surface area contributed by atoms with Crippen LogP contribution in [0.3, 0.4) is 0 Å². The fourth-order valence-electron chi connectivity index (χ4n) is 2.84. The van der Waals surface area contributed by atoms with Gasteiger partial charge in [0.05, 0.1) is 17.6 Å².